The summed E-state index contributed by atoms with van der Waals surface area (Å²) in [5.41, 5.74) is 2.93. The number of nitrogens with zero attached hydrogens (tertiary/aromatic N) is 4. The van der Waals surface area contributed by atoms with Crippen LogP contribution in [-0.2, 0) is 17.8 Å². The van der Waals surface area contributed by atoms with Crippen molar-refractivity contribution in [2.24, 2.45) is 0 Å². The Hall–Kier alpha value is -1.07. The summed E-state index contributed by atoms with van der Waals surface area (Å²) in [5.74, 6) is 0.915. The monoisotopic (exact) mass is 310 g/mol. The molecule has 0 amide bonds. The van der Waals surface area contributed by atoms with Crippen molar-refractivity contribution in [3.8, 4) is 0 Å². The highest BCUT2D eigenvalue weighted by atomic mass is 35.5. The highest BCUT2D eigenvalue weighted by molar-refractivity contribution is 6.20. The number of methoxy groups -OCH3 is 1. The van der Waals surface area contributed by atoms with Crippen molar-refractivity contribution in [1.82, 2.24) is 19.3 Å². The number of hydrogen-bond donors (Lipinski definition) is 0. The predicted octanol–water partition coefficient (Wildman–Crippen LogP) is 3.43. The van der Waals surface area contributed by atoms with Gasteiger partial charge < -0.3 is 9.30 Å². The molecule has 0 saturated heterocycles. The van der Waals surface area contributed by atoms with Crippen molar-refractivity contribution < 1.29 is 4.74 Å². The molecule has 0 aromatic carbocycles. The van der Waals surface area contributed by atoms with Gasteiger partial charge in [-0.2, -0.15) is 5.10 Å². The van der Waals surface area contributed by atoms with E-state index in [4.69, 9.17) is 21.3 Å². The number of imidazole rings is 1. The van der Waals surface area contributed by atoms with Crippen LogP contribution in [0.25, 0.3) is 11.2 Å². The van der Waals surface area contributed by atoms with Gasteiger partial charge in [0.25, 0.3) is 0 Å². The van der Waals surface area contributed by atoms with Crippen LogP contribution in [0.3, 0.4) is 0 Å². The molecule has 1 aliphatic rings. The maximum absolute atomic E-state index is 6.36. The van der Waals surface area contributed by atoms with E-state index in [0.29, 0.717) is 0 Å². The van der Waals surface area contributed by atoms with Crippen LogP contribution in [0, 0.1) is 6.92 Å². The van der Waals surface area contributed by atoms with Crippen molar-refractivity contribution >= 4 is 22.8 Å². The predicted molar refractivity (Wildman–Crippen MR) is 83.8 cm³/mol. The summed E-state index contributed by atoms with van der Waals surface area (Å²) in [6.45, 7) is 7.70. The van der Waals surface area contributed by atoms with Gasteiger partial charge in [0.05, 0.1) is 23.2 Å². The maximum atomic E-state index is 6.36. The van der Waals surface area contributed by atoms with E-state index in [2.05, 4.69) is 16.6 Å². The Morgan fingerprint density at radius 1 is 1.43 bits per heavy atom. The summed E-state index contributed by atoms with van der Waals surface area (Å²) in [4.78, 5) is 4.75. The smallest absolute Gasteiger partial charge is 0.159 e. The van der Waals surface area contributed by atoms with Crippen molar-refractivity contribution in [1.29, 1.82) is 0 Å². The van der Waals surface area contributed by atoms with Gasteiger partial charge in [0.1, 0.15) is 11.3 Å². The van der Waals surface area contributed by atoms with Crippen LogP contribution in [-0.4, -0.2) is 32.0 Å². The highest BCUT2D eigenvalue weighted by Crippen LogP contribution is 2.38. The van der Waals surface area contributed by atoms with E-state index < -0.39 is 0 Å². The van der Waals surface area contributed by atoms with Gasteiger partial charge in [-0.3, -0.25) is 0 Å². The molecular weight excluding hydrogens is 288 g/mol. The summed E-state index contributed by atoms with van der Waals surface area (Å²) in [6.07, 6.45) is 3.42. The molecule has 21 heavy (non-hydrogen) atoms. The highest BCUT2D eigenvalue weighted by Gasteiger charge is 2.39. The van der Waals surface area contributed by atoms with E-state index >= 15 is 0 Å². The Balaban J connectivity index is 2.15. The van der Waals surface area contributed by atoms with Gasteiger partial charge in [-0.05, 0) is 40.0 Å². The van der Waals surface area contributed by atoms with Crippen LogP contribution in [0.5, 0.6) is 0 Å². The molecule has 0 bridgehead atoms. The molecular formula is C15H23ClN4O. The second-order valence-corrected chi connectivity index (χ2v) is 6.64. The van der Waals surface area contributed by atoms with Crippen LogP contribution >= 0.6 is 11.6 Å². The minimum atomic E-state index is -0.129. The molecule has 116 valence electrons. The molecule has 2 aromatic heterocycles. The first-order valence-electron chi connectivity index (χ1n) is 7.64. The Labute approximate surface area is 130 Å². The SMILES string of the molecule is CCn1nc(C)c2nc(C(C)Cl)n(CC3(OC)CCC3)c21. The lowest BCUT2D eigenvalue weighted by Gasteiger charge is -2.41. The zero-order chi connectivity index (χ0) is 15.2. The minimum absolute atomic E-state index is 0.0646. The average molecular weight is 311 g/mol. The Kier molecular flexibility index (Phi) is 3.74. The maximum Gasteiger partial charge on any atom is 0.159 e. The quantitative estimate of drug-likeness (QED) is 0.795. The molecule has 0 N–H and O–H groups in total. The van der Waals surface area contributed by atoms with Gasteiger partial charge in [0, 0.05) is 13.7 Å². The number of aryl methyl sites for hydroxylation is 2. The van der Waals surface area contributed by atoms with Crippen molar-refractivity contribution in [3.63, 3.8) is 0 Å². The van der Waals surface area contributed by atoms with E-state index in [9.17, 15) is 0 Å². The molecule has 6 heteroatoms. The van der Waals surface area contributed by atoms with Crippen LogP contribution in [0.2, 0.25) is 0 Å². The Morgan fingerprint density at radius 2 is 2.14 bits per heavy atom. The van der Waals surface area contributed by atoms with Crippen molar-refractivity contribution in [2.45, 2.75) is 64.1 Å². The van der Waals surface area contributed by atoms with E-state index in [1.54, 1.807) is 7.11 Å². The van der Waals surface area contributed by atoms with E-state index in [0.717, 1.165) is 48.6 Å². The third-order valence-corrected chi connectivity index (χ3v) is 4.82. The molecule has 3 rings (SSSR count). The molecule has 0 spiro atoms. The third-order valence-electron chi connectivity index (χ3n) is 4.63. The molecule has 1 saturated carbocycles. The molecule has 2 heterocycles. The Bertz CT molecular complexity index is 649. The summed E-state index contributed by atoms with van der Waals surface area (Å²) >= 11 is 6.36. The summed E-state index contributed by atoms with van der Waals surface area (Å²) in [5, 5.41) is 4.45. The second-order valence-electron chi connectivity index (χ2n) is 5.99. The first-order valence-corrected chi connectivity index (χ1v) is 8.07. The lowest BCUT2D eigenvalue weighted by molar-refractivity contribution is -0.0834. The van der Waals surface area contributed by atoms with Crippen LogP contribution in [0.15, 0.2) is 0 Å². The number of hydrogen-bond acceptors (Lipinski definition) is 3. The fourth-order valence-corrected chi connectivity index (χ4v) is 3.37. The van der Waals surface area contributed by atoms with Crippen LogP contribution in [0.1, 0.15) is 50.0 Å². The van der Waals surface area contributed by atoms with Crippen LogP contribution < -0.4 is 0 Å². The van der Waals surface area contributed by atoms with Gasteiger partial charge in [-0.25, -0.2) is 9.67 Å². The van der Waals surface area contributed by atoms with Gasteiger partial charge in [-0.1, -0.05) is 0 Å². The summed E-state index contributed by atoms with van der Waals surface area (Å²) in [6, 6.07) is 0. The topological polar surface area (TPSA) is 44.9 Å². The lowest BCUT2D eigenvalue weighted by Crippen LogP contribution is -2.43. The normalized spacial score (nSPS) is 18.9. The van der Waals surface area contributed by atoms with E-state index in [-0.39, 0.29) is 11.0 Å². The number of fused-ring (bicyclic) bond motifs is 1. The fourth-order valence-electron chi connectivity index (χ4n) is 3.21. The molecule has 0 radical (unpaired) electrons. The number of alkyl halides is 1. The van der Waals surface area contributed by atoms with Gasteiger partial charge >= 0.3 is 0 Å². The largest absolute Gasteiger partial charge is 0.376 e. The first kappa shape index (κ1) is 14.9. The van der Waals surface area contributed by atoms with Crippen LogP contribution in [0.4, 0.5) is 0 Å². The Morgan fingerprint density at radius 3 is 2.62 bits per heavy atom. The van der Waals surface area contributed by atoms with Crippen molar-refractivity contribution in [2.75, 3.05) is 7.11 Å². The first-order chi connectivity index (χ1) is 10.0. The van der Waals surface area contributed by atoms with E-state index in [1.165, 1.54) is 6.42 Å². The summed E-state index contributed by atoms with van der Waals surface area (Å²) in [7, 11) is 1.81. The number of rotatable bonds is 5. The molecule has 2 aromatic rings. The molecule has 1 aliphatic carbocycles. The van der Waals surface area contributed by atoms with Crippen molar-refractivity contribution in [3.05, 3.63) is 11.5 Å². The number of aromatic nitrogens is 4. The number of ether oxygens (including phenoxy) is 1. The summed E-state index contributed by atoms with van der Waals surface area (Å²) < 4.78 is 10.0. The number of halogens is 1. The van der Waals surface area contributed by atoms with Gasteiger partial charge in [0.2, 0.25) is 0 Å². The van der Waals surface area contributed by atoms with Gasteiger partial charge in [0.15, 0.2) is 5.65 Å². The molecule has 1 fully saturated rings. The fraction of sp³-hybridized carbons (Fsp3) is 0.733. The zero-order valence-electron chi connectivity index (χ0n) is 13.2. The van der Waals surface area contributed by atoms with Gasteiger partial charge in [-0.15, -0.1) is 11.6 Å². The lowest BCUT2D eigenvalue weighted by atomic mass is 9.80. The third kappa shape index (κ3) is 2.27. The molecule has 5 nitrogen and oxygen atoms in total. The van der Waals surface area contributed by atoms with E-state index in [1.807, 2.05) is 18.5 Å². The standard InChI is InChI=1S/C15H23ClN4O/c1-5-20-14-12(11(3)18-20)17-13(10(2)16)19(14)9-15(21-4)7-6-8-15/h10H,5-9H2,1-4H3. The molecule has 1 unspecified atom stereocenters. The zero-order valence-corrected chi connectivity index (χ0v) is 13.9. The average Bonchev–Trinajstić information content (AvgIpc) is 2.93. The molecule has 0 aliphatic heterocycles. The second kappa shape index (κ2) is 5.29. The minimum Gasteiger partial charge on any atom is -0.376 e. The molecule has 1 atom stereocenters.